The third-order valence-corrected chi connectivity index (χ3v) is 6.06. The molecule has 0 spiro atoms. The van der Waals surface area contributed by atoms with Gasteiger partial charge in [0.05, 0.1) is 23.4 Å². The lowest BCUT2D eigenvalue weighted by Crippen LogP contribution is -2.37. The summed E-state index contributed by atoms with van der Waals surface area (Å²) in [4.78, 5) is 33.7. The van der Waals surface area contributed by atoms with Gasteiger partial charge in [-0.3, -0.25) is 19.7 Å². The van der Waals surface area contributed by atoms with Crippen molar-refractivity contribution < 1.29 is 14.0 Å². The van der Waals surface area contributed by atoms with Crippen molar-refractivity contribution in [3.8, 4) is 0 Å². The Bertz CT molecular complexity index is 1070. The predicted octanol–water partition coefficient (Wildman–Crippen LogP) is 2.53. The highest BCUT2D eigenvalue weighted by molar-refractivity contribution is 5.95. The van der Waals surface area contributed by atoms with E-state index in [-0.39, 0.29) is 35.5 Å². The molecule has 30 heavy (non-hydrogen) atoms. The van der Waals surface area contributed by atoms with Crippen molar-refractivity contribution in [2.75, 3.05) is 19.6 Å². The van der Waals surface area contributed by atoms with Crippen LogP contribution in [0.2, 0.25) is 0 Å². The number of benzene rings is 1. The number of rotatable bonds is 3. The maximum atomic E-state index is 14.0. The fourth-order valence-electron chi connectivity index (χ4n) is 4.74. The van der Waals surface area contributed by atoms with Crippen molar-refractivity contribution in [3.63, 3.8) is 0 Å². The van der Waals surface area contributed by atoms with Crippen LogP contribution in [0, 0.1) is 17.7 Å². The molecule has 152 valence electrons. The van der Waals surface area contributed by atoms with Gasteiger partial charge >= 0.3 is 0 Å². The molecule has 2 fully saturated rings. The van der Waals surface area contributed by atoms with Crippen molar-refractivity contribution in [2.45, 2.75) is 6.04 Å². The summed E-state index contributed by atoms with van der Waals surface area (Å²) in [6.45, 7) is 1.57. The summed E-state index contributed by atoms with van der Waals surface area (Å²) in [5.74, 6) is -0.396. The van der Waals surface area contributed by atoms with E-state index in [9.17, 15) is 14.0 Å². The van der Waals surface area contributed by atoms with E-state index in [0.29, 0.717) is 30.8 Å². The minimum Gasteiger partial charge on any atom is -0.338 e. The molecular formula is C22H20FN5O2. The molecule has 2 aromatic heterocycles. The van der Waals surface area contributed by atoms with Gasteiger partial charge in [-0.05, 0) is 29.8 Å². The average molecular weight is 405 g/mol. The van der Waals surface area contributed by atoms with Crippen LogP contribution in [0.15, 0.2) is 61.2 Å². The fraction of sp³-hybridized carbons (Fsp3) is 0.273. The SMILES string of the molecule is O=C(c1cn[nH]c1)N1C[C@H]2CN(C(=O)c3cccnc3)[C@H](c3cccc(F)c3)[C@H]2C1. The molecule has 0 saturated carbocycles. The molecule has 1 N–H and O–H groups in total. The normalized spacial score (nSPS) is 22.9. The Morgan fingerprint density at radius 1 is 1.03 bits per heavy atom. The van der Waals surface area contributed by atoms with Crippen LogP contribution < -0.4 is 0 Å². The van der Waals surface area contributed by atoms with Gasteiger partial charge in [-0.2, -0.15) is 5.10 Å². The summed E-state index contributed by atoms with van der Waals surface area (Å²) >= 11 is 0. The number of nitrogens with zero attached hydrogens (tertiary/aromatic N) is 4. The molecule has 0 radical (unpaired) electrons. The molecule has 7 nitrogen and oxygen atoms in total. The van der Waals surface area contributed by atoms with Crippen LogP contribution in [0.25, 0.3) is 0 Å². The van der Waals surface area contributed by atoms with Gasteiger partial charge in [0, 0.05) is 50.1 Å². The lowest BCUT2D eigenvalue weighted by atomic mass is 9.89. The van der Waals surface area contributed by atoms with Gasteiger partial charge in [0.1, 0.15) is 5.82 Å². The van der Waals surface area contributed by atoms with Crippen LogP contribution >= 0.6 is 0 Å². The highest BCUT2D eigenvalue weighted by atomic mass is 19.1. The summed E-state index contributed by atoms with van der Waals surface area (Å²) < 4.78 is 14.0. The van der Waals surface area contributed by atoms with Gasteiger partial charge < -0.3 is 9.80 Å². The molecular weight excluding hydrogens is 385 g/mol. The van der Waals surface area contributed by atoms with Gasteiger partial charge in [0.2, 0.25) is 0 Å². The Kier molecular flexibility index (Phi) is 4.54. The monoisotopic (exact) mass is 405 g/mol. The third kappa shape index (κ3) is 3.14. The highest BCUT2D eigenvalue weighted by Crippen LogP contribution is 2.45. The van der Waals surface area contributed by atoms with Gasteiger partial charge in [-0.15, -0.1) is 0 Å². The summed E-state index contributed by atoms with van der Waals surface area (Å²) in [5.41, 5.74) is 1.77. The number of nitrogens with one attached hydrogen (secondary N) is 1. The van der Waals surface area contributed by atoms with E-state index in [1.807, 2.05) is 6.07 Å². The second-order valence-electron chi connectivity index (χ2n) is 7.82. The average Bonchev–Trinajstić information content (AvgIpc) is 3.49. The first-order valence-corrected chi connectivity index (χ1v) is 9.86. The first kappa shape index (κ1) is 18.5. The number of likely N-dealkylation sites (tertiary alicyclic amines) is 2. The molecule has 3 aromatic rings. The number of aromatic amines is 1. The first-order valence-electron chi connectivity index (χ1n) is 9.86. The zero-order valence-electron chi connectivity index (χ0n) is 16.1. The summed E-state index contributed by atoms with van der Waals surface area (Å²) in [6.07, 6.45) is 6.27. The number of carbonyl (C=O) groups is 2. The molecule has 2 aliphatic rings. The van der Waals surface area contributed by atoms with Crippen molar-refractivity contribution >= 4 is 11.8 Å². The number of hydrogen-bond acceptors (Lipinski definition) is 4. The molecule has 4 heterocycles. The molecule has 2 aliphatic heterocycles. The fourth-order valence-corrected chi connectivity index (χ4v) is 4.74. The van der Waals surface area contributed by atoms with Crippen LogP contribution in [0.1, 0.15) is 32.3 Å². The van der Waals surface area contributed by atoms with E-state index in [1.54, 1.807) is 46.6 Å². The quantitative estimate of drug-likeness (QED) is 0.726. The van der Waals surface area contributed by atoms with Crippen LogP contribution in [-0.2, 0) is 0 Å². The van der Waals surface area contributed by atoms with Gasteiger partial charge in [0.15, 0.2) is 0 Å². The molecule has 1 aromatic carbocycles. The van der Waals surface area contributed by atoms with E-state index in [2.05, 4.69) is 15.2 Å². The topological polar surface area (TPSA) is 82.2 Å². The number of carbonyl (C=O) groups excluding carboxylic acids is 2. The maximum absolute atomic E-state index is 14.0. The van der Waals surface area contributed by atoms with Crippen molar-refractivity contribution in [1.82, 2.24) is 25.0 Å². The van der Waals surface area contributed by atoms with Gasteiger partial charge in [0.25, 0.3) is 11.8 Å². The summed E-state index contributed by atoms with van der Waals surface area (Å²) in [6, 6.07) is 9.55. The van der Waals surface area contributed by atoms with E-state index in [0.717, 1.165) is 5.56 Å². The Morgan fingerprint density at radius 2 is 1.93 bits per heavy atom. The van der Waals surface area contributed by atoms with Crippen LogP contribution in [-0.4, -0.2) is 56.4 Å². The van der Waals surface area contributed by atoms with Crippen LogP contribution in [0.3, 0.4) is 0 Å². The van der Waals surface area contributed by atoms with E-state index < -0.39 is 0 Å². The number of aromatic nitrogens is 3. The summed E-state index contributed by atoms with van der Waals surface area (Å²) in [5, 5.41) is 6.52. The Hall–Kier alpha value is -3.55. The smallest absolute Gasteiger partial charge is 0.257 e. The first-order chi connectivity index (χ1) is 14.6. The predicted molar refractivity (Wildman–Crippen MR) is 106 cm³/mol. The van der Waals surface area contributed by atoms with Crippen LogP contribution in [0.4, 0.5) is 4.39 Å². The maximum Gasteiger partial charge on any atom is 0.257 e. The van der Waals surface area contributed by atoms with E-state index >= 15 is 0 Å². The standard InChI is InChI=1S/C22H20FN5O2/c23-18-5-1-3-14(7-18)20-19-13-27(21(29)16-9-25-26-10-16)11-17(19)12-28(20)22(30)15-4-2-6-24-8-15/h1-10,17,19-20H,11-13H2,(H,25,26)/t17-,19-,20+/m0/s1. The number of fused-ring (bicyclic) bond motifs is 1. The van der Waals surface area contributed by atoms with Gasteiger partial charge in [-0.25, -0.2) is 4.39 Å². The molecule has 5 rings (SSSR count). The second-order valence-corrected chi connectivity index (χ2v) is 7.82. The van der Waals surface area contributed by atoms with E-state index in [4.69, 9.17) is 0 Å². The lowest BCUT2D eigenvalue weighted by molar-refractivity contribution is 0.0676. The third-order valence-electron chi connectivity index (χ3n) is 6.06. The Labute approximate surface area is 172 Å². The molecule has 0 aliphatic carbocycles. The van der Waals surface area contributed by atoms with Crippen LogP contribution in [0.5, 0.6) is 0 Å². The summed E-state index contributed by atoms with van der Waals surface area (Å²) in [7, 11) is 0. The van der Waals surface area contributed by atoms with E-state index in [1.165, 1.54) is 18.3 Å². The van der Waals surface area contributed by atoms with Crippen molar-refractivity contribution in [3.05, 3.63) is 83.7 Å². The Balaban J connectivity index is 1.46. The molecule has 2 saturated heterocycles. The lowest BCUT2D eigenvalue weighted by Gasteiger charge is -2.30. The molecule has 0 bridgehead atoms. The van der Waals surface area contributed by atoms with Gasteiger partial charge in [-0.1, -0.05) is 12.1 Å². The molecule has 2 amide bonds. The number of pyridine rings is 1. The Morgan fingerprint density at radius 3 is 2.67 bits per heavy atom. The zero-order chi connectivity index (χ0) is 20.7. The minimum absolute atomic E-state index is 0.0308. The molecule has 3 atom stereocenters. The molecule has 8 heteroatoms. The number of hydrogen-bond donors (Lipinski definition) is 1. The second kappa shape index (κ2) is 7.37. The zero-order valence-corrected chi connectivity index (χ0v) is 16.1. The number of H-pyrrole nitrogens is 1. The largest absolute Gasteiger partial charge is 0.338 e. The minimum atomic E-state index is -0.339. The number of halogens is 1. The molecule has 0 unspecified atom stereocenters. The number of amides is 2. The highest BCUT2D eigenvalue weighted by Gasteiger charge is 2.50. The van der Waals surface area contributed by atoms with Crippen molar-refractivity contribution in [1.29, 1.82) is 0 Å². The van der Waals surface area contributed by atoms with Crippen molar-refractivity contribution in [2.24, 2.45) is 11.8 Å².